The zero-order valence-corrected chi connectivity index (χ0v) is 17.3. The summed E-state index contributed by atoms with van der Waals surface area (Å²) in [6, 6.07) is 4.93. The van der Waals surface area contributed by atoms with Crippen molar-refractivity contribution in [3.63, 3.8) is 0 Å². The molecule has 1 amide bonds. The Morgan fingerprint density at radius 3 is 2.48 bits per heavy atom. The van der Waals surface area contributed by atoms with E-state index in [4.69, 9.17) is 5.26 Å². The summed E-state index contributed by atoms with van der Waals surface area (Å²) in [4.78, 5) is 38.7. The van der Waals surface area contributed by atoms with Crippen LogP contribution in [-0.2, 0) is 27.9 Å². The Morgan fingerprint density at radius 2 is 1.93 bits per heavy atom. The molecule has 2 aromatic heterocycles. The van der Waals surface area contributed by atoms with E-state index in [0.717, 1.165) is 15.9 Å². The van der Waals surface area contributed by atoms with Crippen LogP contribution in [-0.4, -0.2) is 58.8 Å². The van der Waals surface area contributed by atoms with Crippen molar-refractivity contribution in [3.8, 4) is 6.07 Å². The minimum Gasteiger partial charge on any atom is -0.338 e. The highest BCUT2D eigenvalue weighted by atomic mass is 32.2. The molecular formula is C17H19N5O5S2. The molecule has 10 nitrogen and oxygen atoms in total. The van der Waals surface area contributed by atoms with Gasteiger partial charge in [-0.3, -0.25) is 14.2 Å². The molecule has 29 heavy (non-hydrogen) atoms. The molecule has 0 saturated carbocycles. The normalized spacial score (nSPS) is 15.2. The molecule has 154 valence electrons. The molecule has 1 aliphatic heterocycles. The van der Waals surface area contributed by atoms with E-state index in [0.29, 0.717) is 0 Å². The molecule has 0 spiro atoms. The van der Waals surface area contributed by atoms with Gasteiger partial charge in [0.1, 0.15) is 22.4 Å². The van der Waals surface area contributed by atoms with E-state index < -0.39 is 33.7 Å². The number of nitriles is 1. The highest BCUT2D eigenvalue weighted by Gasteiger charge is 2.31. The first-order valence-electron chi connectivity index (χ1n) is 8.85. The second kappa shape index (κ2) is 8.32. The van der Waals surface area contributed by atoms with Crippen molar-refractivity contribution in [1.29, 1.82) is 5.26 Å². The summed E-state index contributed by atoms with van der Waals surface area (Å²) in [6.07, 6.45) is 1.18. The van der Waals surface area contributed by atoms with Crippen LogP contribution in [0, 0.1) is 11.3 Å². The Bertz CT molecular complexity index is 1170. The second-order valence-electron chi connectivity index (χ2n) is 6.33. The Labute approximate surface area is 170 Å². The summed E-state index contributed by atoms with van der Waals surface area (Å²) < 4.78 is 28.6. The Hall–Kier alpha value is -2.75. The SMILES string of the molecule is CCn1cc(C#N)c(=O)n(CC(=O)N2CCN(S(=O)(=O)c3cccs3)CC2)c1=O. The predicted molar refractivity (Wildman–Crippen MR) is 105 cm³/mol. The number of carbonyl (C=O) groups excluding carboxylic acids is 1. The van der Waals surface area contributed by atoms with Gasteiger partial charge in [-0.15, -0.1) is 11.3 Å². The molecule has 1 aliphatic rings. The number of rotatable bonds is 5. The Morgan fingerprint density at radius 1 is 1.24 bits per heavy atom. The standard InChI is InChI=1S/C17H19N5O5S2/c1-2-19-11-13(10-18)16(24)22(17(19)25)12-14(23)20-5-7-21(8-6-20)29(26,27)15-4-3-9-28-15/h3-4,9,11H,2,5-8,12H2,1H3. The molecule has 12 heteroatoms. The molecule has 0 aromatic carbocycles. The molecule has 3 rings (SSSR count). The first-order valence-corrected chi connectivity index (χ1v) is 11.2. The topological polar surface area (TPSA) is 125 Å². The van der Waals surface area contributed by atoms with Gasteiger partial charge in [-0.05, 0) is 18.4 Å². The summed E-state index contributed by atoms with van der Waals surface area (Å²) in [6.45, 7) is 1.99. The zero-order valence-electron chi connectivity index (χ0n) is 15.6. The Balaban J connectivity index is 1.74. The third-order valence-corrected chi connectivity index (χ3v) is 7.94. The minimum absolute atomic E-state index is 0.123. The first-order chi connectivity index (χ1) is 13.8. The number of amides is 1. The van der Waals surface area contributed by atoms with Crippen LogP contribution < -0.4 is 11.2 Å². The molecule has 0 aliphatic carbocycles. The van der Waals surface area contributed by atoms with Crippen molar-refractivity contribution in [1.82, 2.24) is 18.3 Å². The van der Waals surface area contributed by atoms with Crippen LogP contribution >= 0.6 is 11.3 Å². The van der Waals surface area contributed by atoms with Crippen LogP contribution in [0.25, 0.3) is 0 Å². The molecule has 2 aromatic rings. The summed E-state index contributed by atoms with van der Waals surface area (Å²) >= 11 is 1.13. The fourth-order valence-electron chi connectivity index (χ4n) is 3.05. The summed E-state index contributed by atoms with van der Waals surface area (Å²) in [7, 11) is -3.59. The van der Waals surface area contributed by atoms with Gasteiger partial charge < -0.3 is 4.90 Å². The molecule has 0 N–H and O–H groups in total. The van der Waals surface area contributed by atoms with E-state index in [1.807, 2.05) is 0 Å². The quantitative estimate of drug-likeness (QED) is 0.621. The van der Waals surface area contributed by atoms with Crippen LogP contribution in [0.1, 0.15) is 12.5 Å². The van der Waals surface area contributed by atoms with Gasteiger partial charge in [0.05, 0.1) is 0 Å². The lowest BCUT2D eigenvalue weighted by molar-refractivity contribution is -0.133. The van der Waals surface area contributed by atoms with Crippen molar-refractivity contribution in [2.45, 2.75) is 24.2 Å². The summed E-state index contributed by atoms with van der Waals surface area (Å²) in [5.41, 5.74) is -1.69. The zero-order chi connectivity index (χ0) is 21.2. The molecule has 0 radical (unpaired) electrons. The van der Waals surface area contributed by atoms with E-state index in [2.05, 4.69) is 0 Å². The predicted octanol–water partition coefficient (Wildman–Crippen LogP) is -0.504. The second-order valence-corrected chi connectivity index (χ2v) is 9.44. The molecule has 1 fully saturated rings. The maximum absolute atomic E-state index is 12.6. The van der Waals surface area contributed by atoms with E-state index in [9.17, 15) is 22.8 Å². The molecule has 3 heterocycles. The van der Waals surface area contributed by atoms with Crippen LogP contribution in [0.3, 0.4) is 0 Å². The van der Waals surface area contributed by atoms with Crippen LogP contribution in [0.4, 0.5) is 0 Å². The van der Waals surface area contributed by atoms with E-state index in [1.165, 1.54) is 26.0 Å². The number of thiophene rings is 1. The molecule has 1 saturated heterocycles. The van der Waals surface area contributed by atoms with Crippen LogP contribution in [0.15, 0.2) is 37.5 Å². The van der Waals surface area contributed by atoms with Crippen molar-refractivity contribution >= 4 is 27.3 Å². The van der Waals surface area contributed by atoms with Gasteiger partial charge in [-0.25, -0.2) is 17.8 Å². The van der Waals surface area contributed by atoms with Crippen molar-refractivity contribution in [2.24, 2.45) is 0 Å². The average molecular weight is 438 g/mol. The molecular weight excluding hydrogens is 418 g/mol. The molecule has 0 atom stereocenters. The number of piperazine rings is 1. The number of carbonyl (C=O) groups is 1. The number of nitrogens with zero attached hydrogens (tertiary/aromatic N) is 5. The molecule has 0 unspecified atom stereocenters. The third kappa shape index (κ3) is 4.02. The third-order valence-electron chi connectivity index (χ3n) is 4.67. The number of hydrogen-bond donors (Lipinski definition) is 0. The fraction of sp³-hybridized carbons (Fsp3) is 0.412. The largest absolute Gasteiger partial charge is 0.338 e. The number of sulfonamides is 1. The summed E-state index contributed by atoms with van der Waals surface area (Å²) in [5.74, 6) is -0.477. The smallest absolute Gasteiger partial charge is 0.331 e. The lowest BCUT2D eigenvalue weighted by Gasteiger charge is -2.33. The minimum atomic E-state index is -3.59. The van der Waals surface area contributed by atoms with Crippen molar-refractivity contribution in [3.05, 3.63) is 50.1 Å². The van der Waals surface area contributed by atoms with E-state index in [-0.39, 0.29) is 42.5 Å². The van der Waals surface area contributed by atoms with E-state index in [1.54, 1.807) is 24.4 Å². The number of aryl methyl sites for hydroxylation is 1. The highest BCUT2D eigenvalue weighted by Crippen LogP contribution is 2.22. The van der Waals surface area contributed by atoms with Crippen LogP contribution in [0.5, 0.6) is 0 Å². The maximum Gasteiger partial charge on any atom is 0.331 e. The highest BCUT2D eigenvalue weighted by molar-refractivity contribution is 7.91. The van der Waals surface area contributed by atoms with Gasteiger partial charge in [0.25, 0.3) is 15.6 Å². The van der Waals surface area contributed by atoms with Gasteiger partial charge >= 0.3 is 5.69 Å². The number of aromatic nitrogens is 2. The van der Waals surface area contributed by atoms with Gasteiger partial charge in [0.15, 0.2) is 0 Å². The monoisotopic (exact) mass is 437 g/mol. The van der Waals surface area contributed by atoms with Crippen molar-refractivity contribution < 1.29 is 13.2 Å². The van der Waals surface area contributed by atoms with Crippen molar-refractivity contribution in [2.75, 3.05) is 26.2 Å². The van der Waals surface area contributed by atoms with Gasteiger partial charge in [0, 0.05) is 38.9 Å². The van der Waals surface area contributed by atoms with Crippen LogP contribution in [0.2, 0.25) is 0 Å². The van der Waals surface area contributed by atoms with Gasteiger partial charge in [0.2, 0.25) is 5.91 Å². The lowest BCUT2D eigenvalue weighted by Crippen LogP contribution is -2.52. The molecule has 0 bridgehead atoms. The maximum atomic E-state index is 12.6. The lowest BCUT2D eigenvalue weighted by atomic mass is 10.3. The number of hydrogen-bond acceptors (Lipinski definition) is 7. The fourth-order valence-corrected chi connectivity index (χ4v) is 5.61. The van der Waals surface area contributed by atoms with Gasteiger partial charge in [-0.1, -0.05) is 6.07 Å². The van der Waals surface area contributed by atoms with Gasteiger partial charge in [-0.2, -0.15) is 9.57 Å². The Kier molecular flexibility index (Phi) is 6.02. The first kappa shape index (κ1) is 21.0. The van der Waals surface area contributed by atoms with E-state index >= 15 is 0 Å². The summed E-state index contributed by atoms with van der Waals surface area (Å²) in [5, 5.41) is 10.8. The average Bonchev–Trinajstić information content (AvgIpc) is 3.27.